The number of furan rings is 1. The Balaban J connectivity index is 1.69. The maximum atomic E-state index is 12.5. The first kappa shape index (κ1) is 19.2. The molecule has 2 amide bonds. The zero-order valence-electron chi connectivity index (χ0n) is 15.7. The molecule has 0 bridgehead atoms. The van der Waals surface area contributed by atoms with Gasteiger partial charge in [-0.15, -0.1) is 0 Å². The molecular weight excluding hydrogens is 408 g/mol. The fourth-order valence-electron chi connectivity index (χ4n) is 3.21. The highest BCUT2D eigenvalue weighted by Gasteiger charge is 2.18. The minimum absolute atomic E-state index is 0.133. The van der Waals surface area contributed by atoms with E-state index in [1.165, 1.54) is 0 Å². The summed E-state index contributed by atoms with van der Waals surface area (Å²) in [6.07, 6.45) is 0. The Labute approximate surface area is 166 Å². The van der Waals surface area contributed by atoms with Crippen LogP contribution >= 0.6 is 15.9 Å². The van der Waals surface area contributed by atoms with Crippen molar-refractivity contribution >= 4 is 44.4 Å². The molecule has 140 valence electrons. The van der Waals surface area contributed by atoms with Gasteiger partial charge in [-0.2, -0.15) is 0 Å². The summed E-state index contributed by atoms with van der Waals surface area (Å²) < 4.78 is 6.56. The van der Waals surface area contributed by atoms with Crippen molar-refractivity contribution in [1.29, 1.82) is 0 Å². The van der Waals surface area contributed by atoms with Crippen LogP contribution in [0.3, 0.4) is 0 Å². The molecule has 2 N–H and O–H groups in total. The summed E-state index contributed by atoms with van der Waals surface area (Å²) in [5, 5.41) is 6.37. The third-order valence-corrected chi connectivity index (χ3v) is 4.95. The Kier molecular flexibility index (Phi) is 5.37. The lowest BCUT2D eigenvalue weighted by atomic mass is 10.1. The lowest BCUT2D eigenvalue weighted by Gasteiger charge is -2.13. The van der Waals surface area contributed by atoms with Crippen LogP contribution in [0.15, 0.2) is 39.2 Å². The Morgan fingerprint density at radius 1 is 1.04 bits per heavy atom. The standard InChI is InChI=1S/C21H21BrN2O3/c1-11-7-12(2)19(13(3)8-11)24-18(25)10-23-21(26)20-14(4)16-9-15(22)5-6-17(16)27-20/h5-9H,10H2,1-4H3,(H,23,26)(H,24,25). The second-order valence-corrected chi connectivity index (χ2v) is 7.62. The summed E-state index contributed by atoms with van der Waals surface area (Å²) in [6, 6.07) is 9.58. The predicted octanol–water partition coefficient (Wildman–Crippen LogP) is 4.80. The van der Waals surface area contributed by atoms with Gasteiger partial charge in [0.2, 0.25) is 5.91 Å². The van der Waals surface area contributed by atoms with Gasteiger partial charge in [-0.3, -0.25) is 9.59 Å². The molecule has 0 saturated carbocycles. The lowest BCUT2D eigenvalue weighted by molar-refractivity contribution is -0.115. The van der Waals surface area contributed by atoms with Gasteiger partial charge in [-0.1, -0.05) is 33.6 Å². The van der Waals surface area contributed by atoms with Gasteiger partial charge in [-0.25, -0.2) is 0 Å². The zero-order chi connectivity index (χ0) is 19.7. The second-order valence-electron chi connectivity index (χ2n) is 6.70. The first-order valence-electron chi connectivity index (χ1n) is 8.61. The number of aryl methyl sites for hydroxylation is 4. The average molecular weight is 429 g/mol. The van der Waals surface area contributed by atoms with E-state index in [4.69, 9.17) is 4.42 Å². The Morgan fingerprint density at radius 3 is 2.37 bits per heavy atom. The first-order chi connectivity index (χ1) is 12.8. The number of amides is 2. The first-order valence-corrected chi connectivity index (χ1v) is 9.40. The lowest BCUT2D eigenvalue weighted by Crippen LogP contribution is -2.33. The van der Waals surface area contributed by atoms with E-state index in [9.17, 15) is 9.59 Å². The van der Waals surface area contributed by atoms with E-state index in [-0.39, 0.29) is 18.2 Å². The fourth-order valence-corrected chi connectivity index (χ4v) is 3.57. The van der Waals surface area contributed by atoms with Gasteiger partial charge in [0.25, 0.3) is 5.91 Å². The van der Waals surface area contributed by atoms with Crippen LogP contribution in [0, 0.1) is 27.7 Å². The number of benzene rings is 2. The number of carbonyl (C=O) groups is 2. The highest BCUT2D eigenvalue weighted by Crippen LogP contribution is 2.28. The normalized spacial score (nSPS) is 10.9. The summed E-state index contributed by atoms with van der Waals surface area (Å²) in [5.41, 5.74) is 5.29. The Hall–Kier alpha value is -2.60. The van der Waals surface area contributed by atoms with Crippen molar-refractivity contribution in [2.75, 3.05) is 11.9 Å². The molecule has 0 atom stereocenters. The number of hydrogen-bond donors (Lipinski definition) is 2. The quantitative estimate of drug-likeness (QED) is 0.626. The van der Waals surface area contributed by atoms with E-state index < -0.39 is 5.91 Å². The molecule has 3 aromatic rings. The minimum Gasteiger partial charge on any atom is -0.451 e. The second kappa shape index (κ2) is 7.56. The predicted molar refractivity (Wildman–Crippen MR) is 110 cm³/mol. The van der Waals surface area contributed by atoms with Crippen molar-refractivity contribution in [3.63, 3.8) is 0 Å². The van der Waals surface area contributed by atoms with Crippen LogP contribution in [0.2, 0.25) is 0 Å². The van der Waals surface area contributed by atoms with Gasteiger partial charge >= 0.3 is 0 Å². The number of hydrogen-bond acceptors (Lipinski definition) is 3. The third-order valence-electron chi connectivity index (χ3n) is 4.46. The fraction of sp³-hybridized carbons (Fsp3) is 0.238. The molecule has 1 heterocycles. The molecule has 0 spiro atoms. The van der Waals surface area contributed by atoms with Crippen LogP contribution < -0.4 is 10.6 Å². The average Bonchev–Trinajstić information content (AvgIpc) is 2.92. The maximum absolute atomic E-state index is 12.5. The molecule has 27 heavy (non-hydrogen) atoms. The van der Waals surface area contributed by atoms with Gasteiger partial charge in [0.15, 0.2) is 5.76 Å². The molecule has 5 nitrogen and oxygen atoms in total. The molecule has 0 unspecified atom stereocenters. The summed E-state index contributed by atoms with van der Waals surface area (Å²) in [4.78, 5) is 24.7. The van der Waals surface area contributed by atoms with E-state index in [1.807, 2.05) is 52.0 Å². The molecule has 3 rings (SSSR count). The maximum Gasteiger partial charge on any atom is 0.287 e. The molecule has 0 saturated heterocycles. The third kappa shape index (κ3) is 4.06. The van der Waals surface area contributed by atoms with Crippen molar-refractivity contribution < 1.29 is 14.0 Å². The summed E-state index contributed by atoms with van der Waals surface area (Å²) >= 11 is 3.42. The largest absolute Gasteiger partial charge is 0.451 e. The highest BCUT2D eigenvalue weighted by atomic mass is 79.9. The highest BCUT2D eigenvalue weighted by molar-refractivity contribution is 9.10. The monoisotopic (exact) mass is 428 g/mol. The van der Waals surface area contributed by atoms with Crippen LogP contribution in [0.5, 0.6) is 0 Å². The van der Waals surface area contributed by atoms with E-state index in [2.05, 4.69) is 26.6 Å². The molecule has 1 aromatic heterocycles. The van der Waals surface area contributed by atoms with Gasteiger partial charge in [0, 0.05) is 21.1 Å². The van der Waals surface area contributed by atoms with Crippen LogP contribution in [-0.4, -0.2) is 18.4 Å². The van der Waals surface area contributed by atoms with Crippen molar-refractivity contribution in [2.24, 2.45) is 0 Å². The van der Waals surface area contributed by atoms with Gasteiger partial charge < -0.3 is 15.1 Å². The van der Waals surface area contributed by atoms with E-state index in [0.717, 1.165) is 37.8 Å². The van der Waals surface area contributed by atoms with Crippen LogP contribution in [-0.2, 0) is 4.79 Å². The molecule has 0 fully saturated rings. The van der Waals surface area contributed by atoms with Gasteiger partial charge in [0.1, 0.15) is 5.58 Å². The summed E-state index contributed by atoms with van der Waals surface area (Å²) in [6.45, 7) is 7.60. The van der Waals surface area contributed by atoms with E-state index in [1.54, 1.807) is 6.07 Å². The Bertz CT molecular complexity index is 1030. The van der Waals surface area contributed by atoms with Crippen LogP contribution in [0.25, 0.3) is 11.0 Å². The molecule has 2 aromatic carbocycles. The van der Waals surface area contributed by atoms with Crippen LogP contribution in [0.4, 0.5) is 5.69 Å². The minimum atomic E-state index is -0.410. The molecule has 0 aliphatic heterocycles. The zero-order valence-corrected chi connectivity index (χ0v) is 17.3. The molecule has 0 aliphatic carbocycles. The molecule has 6 heteroatoms. The number of halogens is 1. The molecule has 0 radical (unpaired) electrons. The number of anilines is 1. The molecular formula is C21H21BrN2O3. The number of fused-ring (bicyclic) bond motifs is 1. The van der Waals surface area contributed by atoms with Crippen molar-refractivity contribution in [2.45, 2.75) is 27.7 Å². The van der Waals surface area contributed by atoms with Gasteiger partial charge in [-0.05, 0) is 57.0 Å². The van der Waals surface area contributed by atoms with E-state index >= 15 is 0 Å². The topological polar surface area (TPSA) is 71.3 Å². The van der Waals surface area contributed by atoms with Gasteiger partial charge in [0.05, 0.1) is 6.54 Å². The Morgan fingerprint density at radius 2 is 1.70 bits per heavy atom. The smallest absolute Gasteiger partial charge is 0.287 e. The molecule has 0 aliphatic rings. The van der Waals surface area contributed by atoms with Crippen molar-refractivity contribution in [1.82, 2.24) is 5.32 Å². The summed E-state index contributed by atoms with van der Waals surface area (Å²) in [7, 11) is 0. The number of carbonyl (C=O) groups excluding carboxylic acids is 2. The SMILES string of the molecule is Cc1cc(C)c(NC(=O)CNC(=O)c2oc3ccc(Br)cc3c2C)c(C)c1. The van der Waals surface area contributed by atoms with Crippen LogP contribution in [0.1, 0.15) is 32.8 Å². The number of nitrogens with one attached hydrogen (secondary N) is 2. The number of rotatable bonds is 4. The van der Waals surface area contributed by atoms with E-state index in [0.29, 0.717) is 5.58 Å². The van der Waals surface area contributed by atoms with Crippen molar-refractivity contribution in [3.8, 4) is 0 Å². The summed E-state index contributed by atoms with van der Waals surface area (Å²) in [5.74, 6) is -0.471. The van der Waals surface area contributed by atoms with Crippen molar-refractivity contribution in [3.05, 3.63) is 62.8 Å².